The smallest absolute Gasteiger partial charge is 0.0406 e. The molecule has 20 heavy (non-hydrogen) atoms. The first-order valence-electron chi connectivity index (χ1n) is 7.82. The van der Waals surface area contributed by atoms with Gasteiger partial charge in [-0.2, -0.15) is 0 Å². The quantitative estimate of drug-likeness (QED) is 0.771. The van der Waals surface area contributed by atoms with Crippen molar-refractivity contribution in [3.63, 3.8) is 0 Å². The zero-order valence-corrected chi connectivity index (χ0v) is 13.7. The Hall–Kier alpha value is -0.570. The molecule has 1 aliphatic rings. The molecule has 2 nitrogen and oxygen atoms in total. The SMILES string of the molecule is CCCC(NCC(C)N(C)C1CC1)c1ccc(Cl)cc1. The van der Waals surface area contributed by atoms with E-state index in [-0.39, 0.29) is 0 Å². The maximum Gasteiger partial charge on any atom is 0.0406 e. The second-order valence-corrected chi connectivity index (χ2v) is 6.48. The summed E-state index contributed by atoms with van der Waals surface area (Å²) in [6.07, 6.45) is 5.10. The standard InChI is InChI=1S/C17H27ClN2/c1-4-5-17(14-6-8-15(18)9-7-14)19-12-13(2)20(3)16-10-11-16/h6-9,13,16-17,19H,4-5,10-12H2,1-3H3. The molecule has 0 radical (unpaired) electrons. The maximum atomic E-state index is 5.98. The van der Waals surface area contributed by atoms with Crippen LogP contribution in [0.3, 0.4) is 0 Å². The van der Waals surface area contributed by atoms with Gasteiger partial charge in [-0.1, -0.05) is 37.1 Å². The van der Waals surface area contributed by atoms with Crippen molar-refractivity contribution in [1.29, 1.82) is 0 Å². The summed E-state index contributed by atoms with van der Waals surface area (Å²) in [7, 11) is 2.25. The molecular formula is C17H27ClN2. The molecule has 0 heterocycles. The minimum Gasteiger partial charge on any atom is -0.308 e. The van der Waals surface area contributed by atoms with Crippen LogP contribution in [0.2, 0.25) is 5.02 Å². The van der Waals surface area contributed by atoms with E-state index in [4.69, 9.17) is 11.6 Å². The first-order chi connectivity index (χ1) is 9.61. The molecule has 0 aromatic heterocycles. The summed E-state index contributed by atoms with van der Waals surface area (Å²) in [6.45, 7) is 5.60. The minimum atomic E-state index is 0.437. The third-order valence-corrected chi connectivity index (χ3v) is 4.58. The molecule has 1 fully saturated rings. The topological polar surface area (TPSA) is 15.3 Å². The third-order valence-electron chi connectivity index (χ3n) is 4.33. The van der Waals surface area contributed by atoms with Gasteiger partial charge in [-0.15, -0.1) is 0 Å². The van der Waals surface area contributed by atoms with Crippen molar-refractivity contribution in [2.45, 2.75) is 57.7 Å². The van der Waals surface area contributed by atoms with Crippen LogP contribution in [-0.4, -0.2) is 30.6 Å². The monoisotopic (exact) mass is 294 g/mol. The van der Waals surface area contributed by atoms with Crippen molar-refractivity contribution in [2.75, 3.05) is 13.6 Å². The molecule has 0 bridgehead atoms. The molecule has 1 aliphatic carbocycles. The number of likely N-dealkylation sites (N-methyl/N-ethyl adjacent to an activating group) is 1. The van der Waals surface area contributed by atoms with E-state index in [2.05, 4.69) is 43.2 Å². The Morgan fingerprint density at radius 1 is 1.30 bits per heavy atom. The summed E-state index contributed by atoms with van der Waals surface area (Å²) in [5.74, 6) is 0. The first kappa shape index (κ1) is 15.8. The lowest BCUT2D eigenvalue weighted by atomic mass is 10.0. The highest BCUT2D eigenvalue weighted by molar-refractivity contribution is 6.30. The predicted octanol–water partition coefficient (Wildman–Crippen LogP) is 4.25. The average Bonchev–Trinajstić information content (AvgIpc) is 3.28. The lowest BCUT2D eigenvalue weighted by Crippen LogP contribution is -2.40. The van der Waals surface area contributed by atoms with Crippen molar-refractivity contribution in [1.82, 2.24) is 10.2 Å². The summed E-state index contributed by atoms with van der Waals surface area (Å²) >= 11 is 5.98. The van der Waals surface area contributed by atoms with E-state index in [9.17, 15) is 0 Å². The molecule has 1 N–H and O–H groups in total. The first-order valence-corrected chi connectivity index (χ1v) is 8.20. The summed E-state index contributed by atoms with van der Waals surface area (Å²) in [5.41, 5.74) is 1.34. The van der Waals surface area contributed by atoms with Gasteiger partial charge in [0.1, 0.15) is 0 Å². The molecule has 2 atom stereocenters. The predicted molar refractivity (Wildman–Crippen MR) is 87.4 cm³/mol. The van der Waals surface area contributed by atoms with Crippen LogP contribution in [-0.2, 0) is 0 Å². The van der Waals surface area contributed by atoms with Crippen LogP contribution in [0, 0.1) is 0 Å². The second kappa shape index (κ2) is 7.44. The van der Waals surface area contributed by atoms with Gasteiger partial charge in [-0.3, -0.25) is 4.90 Å². The van der Waals surface area contributed by atoms with Gasteiger partial charge in [0.05, 0.1) is 0 Å². The average molecular weight is 295 g/mol. The molecule has 1 aromatic rings. The normalized spacial score (nSPS) is 18.2. The van der Waals surface area contributed by atoms with Crippen LogP contribution in [0.25, 0.3) is 0 Å². The number of hydrogen-bond donors (Lipinski definition) is 1. The number of rotatable bonds is 8. The maximum absolute atomic E-state index is 5.98. The molecular weight excluding hydrogens is 268 g/mol. The third kappa shape index (κ3) is 4.47. The molecule has 1 aromatic carbocycles. The van der Waals surface area contributed by atoms with Gasteiger partial charge < -0.3 is 5.32 Å². The summed E-state index contributed by atoms with van der Waals surface area (Å²) in [4.78, 5) is 2.51. The zero-order chi connectivity index (χ0) is 14.5. The van der Waals surface area contributed by atoms with Crippen LogP contribution in [0.15, 0.2) is 24.3 Å². The number of benzene rings is 1. The van der Waals surface area contributed by atoms with Gasteiger partial charge in [-0.05, 0) is 50.9 Å². The van der Waals surface area contributed by atoms with Crippen molar-refractivity contribution in [2.24, 2.45) is 0 Å². The van der Waals surface area contributed by atoms with Gasteiger partial charge in [0, 0.05) is 29.7 Å². The van der Waals surface area contributed by atoms with E-state index >= 15 is 0 Å². The zero-order valence-electron chi connectivity index (χ0n) is 12.9. The van der Waals surface area contributed by atoms with Gasteiger partial charge in [0.25, 0.3) is 0 Å². The number of halogens is 1. The lowest BCUT2D eigenvalue weighted by Gasteiger charge is -2.27. The molecule has 3 heteroatoms. The van der Waals surface area contributed by atoms with Gasteiger partial charge >= 0.3 is 0 Å². The Bertz CT molecular complexity index is 400. The summed E-state index contributed by atoms with van der Waals surface area (Å²) in [5, 5.41) is 4.55. The molecule has 0 aliphatic heterocycles. The number of hydrogen-bond acceptors (Lipinski definition) is 2. The molecule has 0 spiro atoms. The number of nitrogens with one attached hydrogen (secondary N) is 1. The molecule has 1 saturated carbocycles. The van der Waals surface area contributed by atoms with Crippen molar-refractivity contribution in [3.05, 3.63) is 34.9 Å². The van der Waals surface area contributed by atoms with E-state index in [1.54, 1.807) is 0 Å². The molecule has 112 valence electrons. The van der Waals surface area contributed by atoms with E-state index in [0.717, 1.165) is 17.6 Å². The van der Waals surface area contributed by atoms with Crippen molar-refractivity contribution < 1.29 is 0 Å². The van der Waals surface area contributed by atoms with Gasteiger partial charge in [0.15, 0.2) is 0 Å². The van der Waals surface area contributed by atoms with Crippen LogP contribution in [0.5, 0.6) is 0 Å². The van der Waals surface area contributed by atoms with Crippen LogP contribution in [0.4, 0.5) is 0 Å². The highest BCUT2D eigenvalue weighted by atomic mass is 35.5. The highest BCUT2D eigenvalue weighted by Gasteiger charge is 2.29. The Balaban J connectivity index is 1.89. The largest absolute Gasteiger partial charge is 0.308 e. The Morgan fingerprint density at radius 2 is 1.95 bits per heavy atom. The van der Waals surface area contributed by atoms with Crippen LogP contribution >= 0.6 is 11.6 Å². The highest BCUT2D eigenvalue weighted by Crippen LogP contribution is 2.27. The lowest BCUT2D eigenvalue weighted by molar-refractivity contribution is 0.234. The fraction of sp³-hybridized carbons (Fsp3) is 0.647. The summed E-state index contributed by atoms with van der Waals surface area (Å²) in [6, 6.07) is 10.1. The van der Waals surface area contributed by atoms with Crippen molar-refractivity contribution >= 4 is 11.6 Å². The molecule has 2 unspecified atom stereocenters. The van der Waals surface area contributed by atoms with E-state index in [0.29, 0.717) is 12.1 Å². The van der Waals surface area contributed by atoms with Crippen LogP contribution < -0.4 is 5.32 Å². The Morgan fingerprint density at radius 3 is 2.50 bits per heavy atom. The summed E-state index contributed by atoms with van der Waals surface area (Å²) < 4.78 is 0. The Labute approximate surface area is 128 Å². The van der Waals surface area contributed by atoms with Gasteiger partial charge in [0.2, 0.25) is 0 Å². The fourth-order valence-corrected chi connectivity index (χ4v) is 2.79. The second-order valence-electron chi connectivity index (χ2n) is 6.05. The molecule has 2 rings (SSSR count). The van der Waals surface area contributed by atoms with Crippen LogP contribution in [0.1, 0.15) is 51.1 Å². The fourth-order valence-electron chi connectivity index (χ4n) is 2.67. The van der Waals surface area contributed by atoms with E-state index in [1.807, 2.05) is 12.1 Å². The molecule has 0 amide bonds. The van der Waals surface area contributed by atoms with E-state index in [1.165, 1.54) is 31.2 Å². The minimum absolute atomic E-state index is 0.437. The van der Waals surface area contributed by atoms with Gasteiger partial charge in [-0.25, -0.2) is 0 Å². The van der Waals surface area contributed by atoms with E-state index < -0.39 is 0 Å². The number of nitrogens with zero attached hydrogens (tertiary/aromatic N) is 1. The Kier molecular flexibility index (Phi) is 5.88. The van der Waals surface area contributed by atoms with Crippen molar-refractivity contribution in [3.8, 4) is 0 Å². The molecule has 0 saturated heterocycles.